The Labute approximate surface area is 171 Å². The molecule has 0 atom stereocenters. The number of nitrogens with one attached hydrogen (secondary N) is 1. The maximum Gasteiger partial charge on any atom is 0.288 e. The Morgan fingerprint density at radius 3 is 2.37 bits per heavy atom. The molecule has 2 aromatic carbocycles. The molecule has 0 aliphatic rings. The summed E-state index contributed by atoms with van der Waals surface area (Å²) in [4.78, 5) is 0.363. The van der Waals surface area contributed by atoms with E-state index in [4.69, 9.17) is 12.2 Å². The number of aliphatic hydroxyl groups excluding tert-OH is 2. The summed E-state index contributed by atoms with van der Waals surface area (Å²) in [5, 5.41) is 23.6. The predicted octanol–water partition coefficient (Wildman–Crippen LogP) is 4.55. The average molecular weight is 442 g/mol. The SMILES string of the molecule is OCc1ccc[n+](/C(C(=S)Nc2ccccc2)=C(/O)c2ccc(Br)cc2)c1. The molecule has 0 saturated heterocycles. The second kappa shape index (κ2) is 8.90. The van der Waals surface area contributed by atoms with Gasteiger partial charge in [0.25, 0.3) is 5.70 Å². The number of halogens is 1. The zero-order valence-electron chi connectivity index (χ0n) is 14.3. The van der Waals surface area contributed by atoms with E-state index in [1.807, 2.05) is 42.5 Å². The van der Waals surface area contributed by atoms with Gasteiger partial charge in [-0.3, -0.25) is 0 Å². The van der Waals surface area contributed by atoms with Gasteiger partial charge in [-0.15, -0.1) is 0 Å². The van der Waals surface area contributed by atoms with Crippen molar-refractivity contribution in [2.24, 2.45) is 0 Å². The molecule has 0 aliphatic heterocycles. The average Bonchev–Trinajstić information content (AvgIpc) is 2.69. The van der Waals surface area contributed by atoms with Crippen molar-refractivity contribution in [3.63, 3.8) is 0 Å². The van der Waals surface area contributed by atoms with Crippen LogP contribution in [-0.4, -0.2) is 15.2 Å². The van der Waals surface area contributed by atoms with E-state index in [2.05, 4.69) is 21.2 Å². The van der Waals surface area contributed by atoms with E-state index in [-0.39, 0.29) is 12.4 Å². The first-order chi connectivity index (χ1) is 13.1. The van der Waals surface area contributed by atoms with Crippen molar-refractivity contribution in [1.82, 2.24) is 0 Å². The van der Waals surface area contributed by atoms with Crippen molar-refractivity contribution in [2.45, 2.75) is 6.61 Å². The first-order valence-corrected chi connectivity index (χ1v) is 9.45. The summed E-state index contributed by atoms with van der Waals surface area (Å²) < 4.78 is 2.63. The lowest BCUT2D eigenvalue weighted by molar-refractivity contribution is -0.576. The smallest absolute Gasteiger partial charge is 0.288 e. The van der Waals surface area contributed by atoms with Gasteiger partial charge in [0.2, 0.25) is 0 Å². The van der Waals surface area contributed by atoms with Crippen LogP contribution < -0.4 is 9.88 Å². The third kappa shape index (κ3) is 4.80. The summed E-state index contributed by atoms with van der Waals surface area (Å²) in [6.07, 6.45) is 3.52. The Morgan fingerprint density at radius 2 is 1.70 bits per heavy atom. The number of benzene rings is 2. The van der Waals surface area contributed by atoms with Crippen LogP contribution in [0.25, 0.3) is 11.5 Å². The molecule has 0 saturated carbocycles. The van der Waals surface area contributed by atoms with Crippen molar-refractivity contribution in [2.75, 3.05) is 5.32 Å². The summed E-state index contributed by atoms with van der Waals surface area (Å²) >= 11 is 9.00. The fraction of sp³-hybridized carbons (Fsp3) is 0.0476. The van der Waals surface area contributed by atoms with E-state index in [1.165, 1.54) is 0 Å². The Kier molecular flexibility index (Phi) is 6.34. The molecule has 3 N–H and O–H groups in total. The topological polar surface area (TPSA) is 56.4 Å². The van der Waals surface area contributed by atoms with Gasteiger partial charge in [0.1, 0.15) is 0 Å². The van der Waals surface area contributed by atoms with Crippen molar-refractivity contribution in [1.29, 1.82) is 0 Å². The first-order valence-electron chi connectivity index (χ1n) is 8.25. The third-order valence-corrected chi connectivity index (χ3v) is 4.72. The highest BCUT2D eigenvalue weighted by Crippen LogP contribution is 2.21. The molecule has 6 heteroatoms. The quantitative estimate of drug-likeness (QED) is 0.235. The van der Waals surface area contributed by atoms with Gasteiger partial charge >= 0.3 is 0 Å². The van der Waals surface area contributed by atoms with Crippen LogP contribution >= 0.6 is 28.1 Å². The standard InChI is InChI=1S/C21H17BrN2O2S/c22-17-10-8-16(9-11-17)20(26)19(24-12-4-5-15(13-24)14-25)21(27)23-18-6-2-1-3-7-18/h1-13,25H,14H2,(H-,23,26,27)/p+1. The molecule has 4 nitrogen and oxygen atoms in total. The number of hydrogen-bond acceptors (Lipinski definition) is 3. The number of aliphatic hydroxyl groups is 2. The number of rotatable bonds is 5. The minimum absolute atomic E-state index is 0.0380. The van der Waals surface area contributed by atoms with E-state index in [0.717, 1.165) is 10.2 Å². The van der Waals surface area contributed by atoms with Crippen LogP contribution in [-0.2, 0) is 6.61 Å². The van der Waals surface area contributed by atoms with Gasteiger partial charge in [-0.2, -0.15) is 4.57 Å². The van der Waals surface area contributed by atoms with E-state index in [1.54, 1.807) is 41.2 Å². The zero-order valence-corrected chi connectivity index (χ0v) is 16.7. The number of thiocarbonyl (C=S) groups is 1. The lowest BCUT2D eigenvalue weighted by Gasteiger charge is -2.10. The summed E-state index contributed by atoms with van der Waals surface area (Å²) in [6, 6.07) is 20.4. The molecular weight excluding hydrogens is 424 g/mol. The number of anilines is 1. The highest BCUT2D eigenvalue weighted by atomic mass is 79.9. The van der Waals surface area contributed by atoms with Crippen LogP contribution in [0.3, 0.4) is 0 Å². The summed E-state index contributed by atoms with van der Waals surface area (Å²) in [5.41, 5.74) is 2.59. The van der Waals surface area contributed by atoms with E-state index >= 15 is 0 Å². The molecule has 27 heavy (non-hydrogen) atoms. The van der Waals surface area contributed by atoms with Crippen molar-refractivity contribution < 1.29 is 14.8 Å². The molecule has 0 aliphatic carbocycles. The fourth-order valence-electron chi connectivity index (χ4n) is 2.56. The molecule has 0 radical (unpaired) electrons. The summed E-state index contributed by atoms with van der Waals surface area (Å²) in [5.74, 6) is 0.0380. The largest absolute Gasteiger partial charge is 0.502 e. The van der Waals surface area contributed by atoms with Crippen molar-refractivity contribution in [3.8, 4) is 0 Å². The Morgan fingerprint density at radius 1 is 1.00 bits per heavy atom. The molecule has 0 bridgehead atoms. The lowest BCUT2D eigenvalue weighted by atomic mass is 10.1. The molecule has 1 aromatic heterocycles. The van der Waals surface area contributed by atoms with E-state index < -0.39 is 0 Å². The highest BCUT2D eigenvalue weighted by Gasteiger charge is 2.24. The molecule has 136 valence electrons. The second-order valence-electron chi connectivity index (χ2n) is 5.80. The van der Waals surface area contributed by atoms with Crippen LogP contribution in [0.4, 0.5) is 5.69 Å². The van der Waals surface area contributed by atoms with Crippen LogP contribution in [0.5, 0.6) is 0 Å². The van der Waals surface area contributed by atoms with Crippen LogP contribution in [0.15, 0.2) is 83.6 Å². The monoisotopic (exact) mass is 441 g/mol. The van der Waals surface area contributed by atoms with Gasteiger partial charge < -0.3 is 15.5 Å². The minimum atomic E-state index is -0.105. The first kappa shape index (κ1) is 19.2. The number of pyridine rings is 1. The van der Waals surface area contributed by atoms with Crippen LogP contribution in [0.1, 0.15) is 11.1 Å². The fourth-order valence-corrected chi connectivity index (χ4v) is 3.14. The van der Waals surface area contributed by atoms with Gasteiger partial charge in [0, 0.05) is 27.4 Å². The molecule has 0 amide bonds. The lowest BCUT2D eigenvalue weighted by Crippen LogP contribution is -2.39. The highest BCUT2D eigenvalue weighted by molar-refractivity contribution is 9.10. The zero-order chi connectivity index (χ0) is 19.2. The van der Waals surface area contributed by atoms with E-state index in [0.29, 0.717) is 21.8 Å². The van der Waals surface area contributed by atoms with Crippen molar-refractivity contribution >= 4 is 50.3 Å². The normalized spacial score (nSPS) is 11.6. The molecule has 0 fully saturated rings. The second-order valence-corrected chi connectivity index (χ2v) is 7.13. The maximum atomic E-state index is 11.0. The molecule has 3 aromatic rings. The van der Waals surface area contributed by atoms with Crippen LogP contribution in [0.2, 0.25) is 0 Å². The molecule has 0 spiro atoms. The maximum absolute atomic E-state index is 11.0. The molecule has 3 rings (SSSR count). The number of para-hydroxylation sites is 1. The Hall–Kier alpha value is -2.54. The Balaban J connectivity index is 2.09. The molecule has 0 unspecified atom stereocenters. The van der Waals surface area contributed by atoms with Crippen LogP contribution in [0, 0.1) is 0 Å². The van der Waals surface area contributed by atoms with E-state index in [9.17, 15) is 10.2 Å². The number of hydrogen-bond donors (Lipinski definition) is 3. The molecular formula is C21H18BrN2O2S+. The number of nitrogens with zero attached hydrogens (tertiary/aromatic N) is 1. The minimum Gasteiger partial charge on any atom is -0.502 e. The van der Waals surface area contributed by atoms with Gasteiger partial charge in [-0.25, -0.2) is 0 Å². The summed E-state index contributed by atoms with van der Waals surface area (Å²) in [6.45, 7) is -0.105. The van der Waals surface area contributed by atoms with Crippen molar-refractivity contribution in [3.05, 3.63) is 94.7 Å². The van der Waals surface area contributed by atoms with Gasteiger partial charge in [-0.1, -0.05) is 46.3 Å². The third-order valence-electron chi connectivity index (χ3n) is 3.89. The van der Waals surface area contributed by atoms with Gasteiger partial charge in [0.15, 0.2) is 23.1 Å². The van der Waals surface area contributed by atoms with Gasteiger partial charge in [0.05, 0.1) is 6.61 Å². The Bertz CT molecular complexity index is 973. The van der Waals surface area contributed by atoms with Gasteiger partial charge in [-0.05, 0) is 42.5 Å². The summed E-state index contributed by atoms with van der Waals surface area (Å²) in [7, 11) is 0. The number of aromatic nitrogens is 1. The molecule has 1 heterocycles. The predicted molar refractivity (Wildman–Crippen MR) is 115 cm³/mol.